The van der Waals surface area contributed by atoms with Crippen molar-refractivity contribution in [3.63, 3.8) is 0 Å². The summed E-state index contributed by atoms with van der Waals surface area (Å²) in [4.78, 5) is 14.8. The van der Waals surface area contributed by atoms with Gasteiger partial charge in [-0.1, -0.05) is 18.0 Å². The van der Waals surface area contributed by atoms with E-state index in [-0.39, 0.29) is 17.7 Å². The zero-order valence-corrected chi connectivity index (χ0v) is 12.9. The van der Waals surface area contributed by atoms with Crippen molar-refractivity contribution in [2.75, 3.05) is 7.05 Å². The average molecular weight is 309 g/mol. The lowest BCUT2D eigenvalue weighted by atomic mass is 9.82. The van der Waals surface area contributed by atoms with E-state index in [1.54, 1.807) is 6.07 Å². The first-order valence-electron chi connectivity index (χ1n) is 7.56. The topological polar surface area (TPSA) is 52.6 Å². The fourth-order valence-electron chi connectivity index (χ4n) is 3.68. The van der Waals surface area contributed by atoms with Crippen LogP contribution in [0, 0.1) is 0 Å². The van der Waals surface area contributed by atoms with E-state index in [0.717, 1.165) is 12.8 Å². The highest BCUT2D eigenvalue weighted by Crippen LogP contribution is 2.33. The van der Waals surface area contributed by atoms with Crippen LogP contribution in [0.1, 0.15) is 42.5 Å². The van der Waals surface area contributed by atoms with E-state index in [4.69, 9.17) is 11.6 Å². The maximum absolute atomic E-state index is 12.4. The molecule has 0 radical (unpaired) electrons. The molecule has 2 aliphatic heterocycles. The van der Waals surface area contributed by atoms with E-state index >= 15 is 0 Å². The van der Waals surface area contributed by atoms with Gasteiger partial charge in [-0.2, -0.15) is 0 Å². The highest BCUT2D eigenvalue weighted by atomic mass is 35.5. The highest BCUT2D eigenvalue weighted by molar-refractivity contribution is 6.33. The summed E-state index contributed by atoms with van der Waals surface area (Å²) >= 11 is 6.05. The number of rotatable bonds is 2. The number of carbonyl (C=O) groups is 1. The number of phenols is 1. The van der Waals surface area contributed by atoms with Crippen molar-refractivity contribution in [3.8, 4) is 5.75 Å². The van der Waals surface area contributed by atoms with E-state index in [2.05, 4.69) is 17.3 Å². The van der Waals surface area contributed by atoms with Crippen molar-refractivity contribution in [2.24, 2.45) is 0 Å². The summed E-state index contributed by atoms with van der Waals surface area (Å²) in [5, 5.41) is 13.0. The van der Waals surface area contributed by atoms with Gasteiger partial charge in [-0.25, -0.2) is 0 Å². The molecule has 2 fully saturated rings. The second-order valence-corrected chi connectivity index (χ2v) is 6.62. The third-order valence-electron chi connectivity index (χ3n) is 4.87. The van der Waals surface area contributed by atoms with Gasteiger partial charge in [0.2, 0.25) is 0 Å². The zero-order valence-electron chi connectivity index (χ0n) is 12.2. The summed E-state index contributed by atoms with van der Waals surface area (Å²) in [7, 11) is 2.19. The number of aromatic hydroxyl groups is 1. The number of amides is 1. The molecule has 1 aromatic carbocycles. The van der Waals surface area contributed by atoms with Crippen LogP contribution in [0.3, 0.4) is 0 Å². The molecule has 1 aromatic rings. The maximum atomic E-state index is 12.4. The molecule has 2 heterocycles. The summed E-state index contributed by atoms with van der Waals surface area (Å²) in [6.07, 6.45) is 5.71. The predicted molar refractivity (Wildman–Crippen MR) is 82.8 cm³/mol. The number of carbonyl (C=O) groups excluding carboxylic acids is 1. The lowest BCUT2D eigenvalue weighted by molar-refractivity contribution is 0.0463. The normalized spacial score (nSPS) is 29.1. The Morgan fingerprint density at radius 3 is 2.67 bits per heavy atom. The van der Waals surface area contributed by atoms with Crippen molar-refractivity contribution >= 4 is 17.5 Å². The number of hydrogen-bond acceptors (Lipinski definition) is 3. The molecule has 2 saturated heterocycles. The standard InChI is InChI=1S/C16H21ClN2O2/c1-19-11-3-2-4-12(19)8-10(7-11)18-16(21)14-9-13(20)5-6-15(14)17/h5-6,9-12,20H,2-4,7-8H2,1H3,(H,18,21). The van der Waals surface area contributed by atoms with Gasteiger partial charge in [0.1, 0.15) is 5.75 Å². The lowest BCUT2D eigenvalue weighted by Crippen LogP contribution is -2.55. The minimum absolute atomic E-state index is 0.0600. The van der Waals surface area contributed by atoms with Crippen LogP contribution in [0.5, 0.6) is 5.75 Å². The quantitative estimate of drug-likeness (QED) is 0.883. The smallest absolute Gasteiger partial charge is 0.253 e. The summed E-state index contributed by atoms with van der Waals surface area (Å²) in [6.45, 7) is 0. The van der Waals surface area contributed by atoms with Crippen molar-refractivity contribution in [2.45, 2.75) is 50.2 Å². The minimum atomic E-state index is -0.191. The van der Waals surface area contributed by atoms with Crippen LogP contribution in [-0.2, 0) is 0 Å². The molecule has 2 aliphatic rings. The van der Waals surface area contributed by atoms with Crippen LogP contribution in [0.15, 0.2) is 18.2 Å². The first-order valence-corrected chi connectivity index (χ1v) is 7.93. The molecule has 2 unspecified atom stereocenters. The Labute approximate surface area is 130 Å². The van der Waals surface area contributed by atoms with Gasteiger partial charge < -0.3 is 15.3 Å². The summed E-state index contributed by atoms with van der Waals surface area (Å²) < 4.78 is 0. The molecule has 4 nitrogen and oxygen atoms in total. The summed E-state index contributed by atoms with van der Waals surface area (Å²) in [5.74, 6) is -0.131. The van der Waals surface area contributed by atoms with Crippen molar-refractivity contribution in [1.82, 2.24) is 10.2 Å². The number of piperidine rings is 2. The Morgan fingerprint density at radius 1 is 1.33 bits per heavy atom. The van der Waals surface area contributed by atoms with E-state index < -0.39 is 0 Å². The highest BCUT2D eigenvalue weighted by Gasteiger charge is 2.36. The van der Waals surface area contributed by atoms with Crippen LogP contribution in [0.25, 0.3) is 0 Å². The molecule has 21 heavy (non-hydrogen) atoms. The largest absolute Gasteiger partial charge is 0.508 e. The van der Waals surface area contributed by atoms with E-state index in [1.165, 1.54) is 31.4 Å². The molecule has 3 rings (SSSR count). The number of benzene rings is 1. The molecule has 0 spiro atoms. The van der Waals surface area contributed by atoms with Gasteiger partial charge in [0.05, 0.1) is 10.6 Å². The molecule has 2 atom stereocenters. The average Bonchev–Trinajstić information content (AvgIpc) is 2.42. The predicted octanol–water partition coefficient (Wildman–Crippen LogP) is 2.79. The van der Waals surface area contributed by atoms with Crippen LogP contribution in [-0.4, -0.2) is 41.1 Å². The van der Waals surface area contributed by atoms with Gasteiger partial charge in [-0.3, -0.25) is 4.79 Å². The Bertz CT molecular complexity index is 535. The second-order valence-electron chi connectivity index (χ2n) is 6.21. The Hall–Kier alpha value is -1.26. The van der Waals surface area contributed by atoms with E-state index in [0.29, 0.717) is 22.7 Å². The van der Waals surface area contributed by atoms with Crippen LogP contribution >= 0.6 is 11.6 Å². The summed E-state index contributed by atoms with van der Waals surface area (Å²) in [6, 6.07) is 5.80. The SMILES string of the molecule is CN1C2CCCC1CC(NC(=O)c1cc(O)ccc1Cl)C2. The number of halogens is 1. The Morgan fingerprint density at radius 2 is 2.00 bits per heavy atom. The molecular weight excluding hydrogens is 288 g/mol. The number of nitrogens with zero attached hydrogens (tertiary/aromatic N) is 1. The van der Waals surface area contributed by atoms with Crippen LogP contribution in [0.4, 0.5) is 0 Å². The summed E-state index contributed by atoms with van der Waals surface area (Å²) in [5.41, 5.74) is 0.348. The van der Waals surface area contributed by atoms with Gasteiger partial charge in [0, 0.05) is 18.1 Å². The third kappa shape index (κ3) is 3.01. The number of hydrogen-bond donors (Lipinski definition) is 2. The number of nitrogens with one attached hydrogen (secondary N) is 1. The van der Waals surface area contributed by atoms with Gasteiger partial charge in [-0.05, 0) is 50.9 Å². The van der Waals surface area contributed by atoms with Crippen molar-refractivity contribution in [3.05, 3.63) is 28.8 Å². The van der Waals surface area contributed by atoms with Crippen molar-refractivity contribution < 1.29 is 9.90 Å². The van der Waals surface area contributed by atoms with Crippen molar-refractivity contribution in [1.29, 1.82) is 0 Å². The van der Waals surface area contributed by atoms with Crippen LogP contribution in [0.2, 0.25) is 5.02 Å². The van der Waals surface area contributed by atoms with Gasteiger partial charge in [0.25, 0.3) is 5.91 Å². The fraction of sp³-hybridized carbons (Fsp3) is 0.562. The Kier molecular flexibility index (Phi) is 4.09. The van der Waals surface area contributed by atoms with Crippen LogP contribution < -0.4 is 5.32 Å². The molecule has 0 aliphatic carbocycles. The molecule has 114 valence electrons. The monoisotopic (exact) mass is 308 g/mol. The van der Waals surface area contributed by atoms with Gasteiger partial charge in [-0.15, -0.1) is 0 Å². The maximum Gasteiger partial charge on any atom is 0.253 e. The van der Waals surface area contributed by atoms with Gasteiger partial charge in [0.15, 0.2) is 0 Å². The minimum Gasteiger partial charge on any atom is -0.508 e. The fourth-order valence-corrected chi connectivity index (χ4v) is 3.89. The number of fused-ring (bicyclic) bond motifs is 2. The van der Waals surface area contributed by atoms with Gasteiger partial charge >= 0.3 is 0 Å². The third-order valence-corrected chi connectivity index (χ3v) is 5.20. The molecule has 0 aromatic heterocycles. The number of phenolic OH excluding ortho intramolecular Hbond substituents is 1. The first kappa shape index (κ1) is 14.7. The molecule has 1 amide bonds. The molecule has 2 bridgehead atoms. The van der Waals surface area contributed by atoms with E-state index in [9.17, 15) is 9.90 Å². The first-order chi connectivity index (χ1) is 10.0. The lowest BCUT2D eigenvalue weighted by Gasteiger charge is -2.47. The zero-order chi connectivity index (χ0) is 15.0. The molecular formula is C16H21ClN2O2. The van der Waals surface area contributed by atoms with E-state index in [1.807, 2.05) is 0 Å². The molecule has 0 saturated carbocycles. The molecule has 2 N–H and O–H groups in total. The second kappa shape index (κ2) is 5.85. The molecule has 5 heteroatoms. The Balaban J connectivity index is 1.69.